The van der Waals surface area contributed by atoms with Crippen LogP contribution in [0.25, 0.3) is 0 Å². The van der Waals surface area contributed by atoms with Crippen molar-refractivity contribution in [2.24, 2.45) is 0 Å². The molecule has 0 aliphatic heterocycles. The number of pyridine rings is 1. The first-order chi connectivity index (χ1) is 11.0. The summed E-state index contributed by atoms with van der Waals surface area (Å²) in [5, 5.41) is 23.9. The molecule has 2 N–H and O–H groups in total. The summed E-state index contributed by atoms with van der Waals surface area (Å²) < 4.78 is 0. The average molecular weight is 348 g/mol. The molecule has 0 saturated heterocycles. The number of hydrogen-bond donors (Lipinski definition) is 2. The molecule has 0 aliphatic carbocycles. The first-order valence-corrected chi connectivity index (χ1v) is 8.54. The summed E-state index contributed by atoms with van der Waals surface area (Å²) >= 11 is 7.23. The molecule has 4 nitrogen and oxygen atoms in total. The highest BCUT2D eigenvalue weighted by Crippen LogP contribution is 2.24. The zero-order valence-electron chi connectivity index (χ0n) is 13.0. The van der Waals surface area contributed by atoms with Gasteiger partial charge in [-0.3, -0.25) is 0 Å². The maximum absolute atomic E-state index is 10.1. The summed E-state index contributed by atoms with van der Waals surface area (Å²) in [6.07, 6.45) is -0.551. The van der Waals surface area contributed by atoms with E-state index in [9.17, 15) is 10.4 Å². The third-order valence-corrected chi connectivity index (χ3v) is 4.59. The minimum absolute atomic E-state index is 0.418. The van der Waals surface area contributed by atoms with Crippen molar-refractivity contribution in [1.82, 2.24) is 4.98 Å². The molecule has 0 radical (unpaired) electrons. The van der Waals surface area contributed by atoms with Crippen LogP contribution in [0.4, 0.5) is 5.69 Å². The molecular weight excluding hydrogens is 330 g/mol. The molecule has 0 aliphatic rings. The predicted octanol–water partition coefficient (Wildman–Crippen LogP) is 3.79. The summed E-state index contributed by atoms with van der Waals surface area (Å²) in [6, 6.07) is 11.4. The number of thioether (sulfide) groups is 1. The van der Waals surface area contributed by atoms with Gasteiger partial charge in [0.2, 0.25) is 0 Å². The highest BCUT2D eigenvalue weighted by Gasteiger charge is 2.12. The van der Waals surface area contributed by atoms with Crippen LogP contribution in [-0.2, 0) is 0 Å². The van der Waals surface area contributed by atoms with Crippen molar-refractivity contribution in [1.29, 1.82) is 5.26 Å². The first kappa shape index (κ1) is 17.6. The van der Waals surface area contributed by atoms with Crippen LogP contribution in [0.1, 0.15) is 16.8 Å². The van der Waals surface area contributed by atoms with E-state index >= 15 is 0 Å². The van der Waals surface area contributed by atoms with Crippen molar-refractivity contribution < 1.29 is 5.11 Å². The van der Waals surface area contributed by atoms with Crippen LogP contribution in [-0.4, -0.2) is 28.5 Å². The van der Waals surface area contributed by atoms with Gasteiger partial charge in [-0.2, -0.15) is 5.26 Å². The van der Waals surface area contributed by atoms with Gasteiger partial charge in [0.05, 0.1) is 11.7 Å². The van der Waals surface area contributed by atoms with E-state index in [4.69, 9.17) is 11.6 Å². The molecule has 23 heavy (non-hydrogen) atoms. The van der Waals surface area contributed by atoms with Crippen molar-refractivity contribution in [3.8, 4) is 6.07 Å². The largest absolute Gasteiger partial charge is 0.390 e. The lowest BCUT2D eigenvalue weighted by atomic mass is 10.1. The minimum atomic E-state index is -0.551. The number of anilines is 1. The fourth-order valence-corrected chi connectivity index (χ4v) is 3.23. The quantitative estimate of drug-likeness (QED) is 0.778. The van der Waals surface area contributed by atoms with Gasteiger partial charge < -0.3 is 10.4 Å². The Hall–Kier alpha value is -1.74. The van der Waals surface area contributed by atoms with Crippen LogP contribution in [0.2, 0.25) is 5.02 Å². The highest BCUT2D eigenvalue weighted by molar-refractivity contribution is 7.99. The van der Waals surface area contributed by atoms with Gasteiger partial charge in [0.25, 0.3) is 0 Å². The van der Waals surface area contributed by atoms with Gasteiger partial charge in [0.1, 0.15) is 11.1 Å². The number of aliphatic hydroxyl groups excluding tert-OH is 1. The SMILES string of the molecule is Cc1cc(C)c(C#N)c(SC[C@@H](O)CNc2ccc(Cl)cc2)n1. The number of aryl methyl sites for hydroxylation is 2. The van der Waals surface area contributed by atoms with Crippen LogP contribution in [0.5, 0.6) is 0 Å². The van der Waals surface area contributed by atoms with E-state index in [1.165, 1.54) is 11.8 Å². The van der Waals surface area contributed by atoms with Crippen LogP contribution in [0, 0.1) is 25.2 Å². The molecule has 6 heteroatoms. The lowest BCUT2D eigenvalue weighted by molar-refractivity contribution is 0.213. The number of nitrogens with one attached hydrogen (secondary N) is 1. The summed E-state index contributed by atoms with van der Waals surface area (Å²) in [6.45, 7) is 4.22. The molecule has 1 atom stereocenters. The molecule has 1 aromatic heterocycles. The van der Waals surface area contributed by atoms with E-state index < -0.39 is 6.10 Å². The Kier molecular flexibility index (Phi) is 6.28. The van der Waals surface area contributed by atoms with Gasteiger partial charge >= 0.3 is 0 Å². The Bertz CT molecular complexity index is 713. The molecule has 0 amide bonds. The van der Waals surface area contributed by atoms with Crippen molar-refractivity contribution >= 4 is 29.1 Å². The Balaban J connectivity index is 1.91. The Morgan fingerprint density at radius 1 is 1.35 bits per heavy atom. The summed E-state index contributed by atoms with van der Waals surface area (Å²) in [5.41, 5.74) is 3.27. The molecule has 0 spiro atoms. The molecule has 2 rings (SSSR count). The summed E-state index contributed by atoms with van der Waals surface area (Å²) in [5.74, 6) is 0.463. The van der Waals surface area contributed by atoms with Crippen molar-refractivity contribution in [3.05, 3.63) is 52.2 Å². The molecule has 2 aromatic rings. The monoisotopic (exact) mass is 347 g/mol. The molecule has 0 bridgehead atoms. The maximum Gasteiger partial charge on any atom is 0.114 e. The first-order valence-electron chi connectivity index (χ1n) is 7.18. The second-order valence-electron chi connectivity index (χ2n) is 5.23. The highest BCUT2D eigenvalue weighted by atomic mass is 35.5. The number of nitriles is 1. The summed E-state index contributed by atoms with van der Waals surface area (Å²) in [4.78, 5) is 4.40. The molecule has 1 aromatic carbocycles. The van der Waals surface area contributed by atoms with E-state index in [2.05, 4.69) is 16.4 Å². The number of hydrogen-bond acceptors (Lipinski definition) is 5. The lowest BCUT2D eigenvalue weighted by Gasteiger charge is -2.13. The van der Waals surface area contributed by atoms with Crippen LogP contribution < -0.4 is 5.32 Å². The summed E-state index contributed by atoms with van der Waals surface area (Å²) in [7, 11) is 0. The molecular formula is C17H18ClN3OS. The van der Waals surface area contributed by atoms with Crippen molar-refractivity contribution in [2.75, 3.05) is 17.6 Å². The minimum Gasteiger partial charge on any atom is -0.390 e. The number of benzene rings is 1. The third kappa shape index (κ3) is 5.14. The van der Waals surface area contributed by atoms with Gasteiger partial charge in [0.15, 0.2) is 0 Å². The van der Waals surface area contributed by atoms with Gasteiger partial charge in [-0.25, -0.2) is 4.98 Å². The Morgan fingerprint density at radius 3 is 2.70 bits per heavy atom. The zero-order chi connectivity index (χ0) is 16.8. The molecule has 1 heterocycles. The Morgan fingerprint density at radius 2 is 2.04 bits per heavy atom. The van der Waals surface area contributed by atoms with Crippen LogP contribution in [0.15, 0.2) is 35.4 Å². The van der Waals surface area contributed by atoms with Gasteiger partial charge in [-0.1, -0.05) is 11.6 Å². The predicted molar refractivity (Wildman–Crippen MR) is 95.1 cm³/mol. The molecule has 0 fully saturated rings. The van der Waals surface area contributed by atoms with E-state index in [1.54, 1.807) is 12.1 Å². The van der Waals surface area contributed by atoms with Gasteiger partial charge in [-0.15, -0.1) is 11.8 Å². The second-order valence-corrected chi connectivity index (χ2v) is 6.67. The zero-order valence-corrected chi connectivity index (χ0v) is 14.6. The fraction of sp³-hybridized carbons (Fsp3) is 0.294. The molecule has 0 unspecified atom stereocenters. The maximum atomic E-state index is 10.1. The van der Waals surface area contributed by atoms with Crippen molar-refractivity contribution in [3.63, 3.8) is 0 Å². The Labute approximate surface area is 145 Å². The second kappa shape index (κ2) is 8.21. The van der Waals surface area contributed by atoms with Crippen LogP contribution in [0.3, 0.4) is 0 Å². The smallest absolute Gasteiger partial charge is 0.114 e. The van der Waals surface area contributed by atoms with Crippen molar-refractivity contribution in [2.45, 2.75) is 25.0 Å². The van der Waals surface area contributed by atoms with Crippen LogP contribution >= 0.6 is 23.4 Å². The number of nitrogens with zero attached hydrogens (tertiary/aromatic N) is 2. The van der Waals surface area contributed by atoms with E-state index in [1.807, 2.05) is 32.0 Å². The number of aromatic nitrogens is 1. The number of halogens is 1. The standard InChI is InChI=1S/C17H18ClN3OS/c1-11-7-12(2)21-17(16(11)8-19)23-10-15(22)9-20-14-5-3-13(18)4-6-14/h3-7,15,20,22H,9-10H2,1-2H3/t15-/m0/s1. The topological polar surface area (TPSA) is 68.9 Å². The third-order valence-electron chi connectivity index (χ3n) is 3.22. The van der Waals surface area contributed by atoms with Gasteiger partial charge in [-0.05, 0) is 49.7 Å². The van der Waals surface area contributed by atoms with E-state index in [0.29, 0.717) is 27.9 Å². The normalized spacial score (nSPS) is 11.8. The lowest BCUT2D eigenvalue weighted by Crippen LogP contribution is -2.22. The number of rotatable bonds is 6. The van der Waals surface area contributed by atoms with E-state index in [0.717, 1.165) is 16.9 Å². The van der Waals surface area contributed by atoms with Gasteiger partial charge in [0, 0.05) is 28.7 Å². The number of aliphatic hydroxyl groups is 1. The van der Waals surface area contributed by atoms with E-state index in [-0.39, 0.29) is 0 Å². The molecule has 120 valence electrons. The average Bonchev–Trinajstić information content (AvgIpc) is 2.52. The molecule has 0 saturated carbocycles. The fourth-order valence-electron chi connectivity index (χ4n) is 2.08.